The first-order valence-electron chi connectivity index (χ1n) is 9.41. The summed E-state index contributed by atoms with van der Waals surface area (Å²) in [5, 5.41) is 21.4. The van der Waals surface area contributed by atoms with Crippen molar-refractivity contribution in [2.24, 2.45) is 11.8 Å². The van der Waals surface area contributed by atoms with Crippen LogP contribution in [0.15, 0.2) is 12.7 Å². The number of nitrogens with one attached hydrogen (secondary N) is 1. The van der Waals surface area contributed by atoms with E-state index in [1.165, 1.54) is 32.1 Å². The lowest BCUT2D eigenvalue weighted by molar-refractivity contribution is -0.0882. The first-order valence-corrected chi connectivity index (χ1v) is 9.41. The number of rotatable bonds is 5. The zero-order valence-electron chi connectivity index (χ0n) is 15.0. The van der Waals surface area contributed by atoms with Crippen molar-refractivity contribution in [3.8, 4) is 0 Å². The van der Waals surface area contributed by atoms with Crippen molar-refractivity contribution in [2.75, 3.05) is 0 Å². The lowest BCUT2D eigenvalue weighted by atomic mass is 9.50. The molecule has 0 spiro atoms. The molecule has 0 saturated heterocycles. The molecule has 25 heavy (non-hydrogen) atoms. The molecule has 6 rings (SSSR count). The summed E-state index contributed by atoms with van der Waals surface area (Å²) in [4.78, 5) is 6.01. The molecule has 4 bridgehead atoms. The van der Waals surface area contributed by atoms with Crippen molar-refractivity contribution in [2.45, 2.75) is 76.0 Å². The van der Waals surface area contributed by atoms with Crippen LogP contribution in [0.1, 0.15) is 51.3 Å². The van der Waals surface area contributed by atoms with E-state index in [0.717, 1.165) is 30.6 Å². The van der Waals surface area contributed by atoms with Gasteiger partial charge in [0.2, 0.25) is 0 Å². The molecular formula is C17H26N8. The van der Waals surface area contributed by atoms with Gasteiger partial charge in [-0.1, -0.05) is 0 Å². The maximum Gasteiger partial charge on any atom is 0.171 e. The van der Waals surface area contributed by atoms with Crippen molar-refractivity contribution in [1.29, 1.82) is 0 Å². The van der Waals surface area contributed by atoms with Gasteiger partial charge in [-0.25, -0.2) is 4.98 Å². The van der Waals surface area contributed by atoms with Crippen molar-refractivity contribution in [1.82, 2.24) is 40.3 Å². The quantitative estimate of drug-likeness (QED) is 0.881. The molecule has 8 heteroatoms. The van der Waals surface area contributed by atoms with E-state index in [1.807, 2.05) is 16.4 Å². The Morgan fingerprint density at radius 1 is 1.28 bits per heavy atom. The molecule has 4 aliphatic rings. The molecule has 134 valence electrons. The molecule has 1 N–H and O–H groups in total. The van der Waals surface area contributed by atoms with Gasteiger partial charge in [0, 0.05) is 11.6 Å². The third-order valence-electron chi connectivity index (χ3n) is 6.45. The Balaban J connectivity index is 1.40. The standard InChI is InChI=1S/C17H26N8/c1-12(8-24-11-18-10-19-24)20-16-4-14-3-15(5-16)7-17(6-14,9-16)25-22-13(2)21-23-25/h10-12,14-15,20H,3-9H2,1-2H3/t12-,14-,15-,16?,17?/m0/s1. The normalized spacial score (nSPS) is 37.5. The van der Waals surface area contributed by atoms with Gasteiger partial charge in [-0.2, -0.15) is 9.90 Å². The van der Waals surface area contributed by atoms with Gasteiger partial charge in [0.25, 0.3) is 0 Å². The van der Waals surface area contributed by atoms with Crippen molar-refractivity contribution in [3.05, 3.63) is 18.5 Å². The summed E-state index contributed by atoms with van der Waals surface area (Å²) in [6.45, 7) is 5.04. The Labute approximate surface area is 147 Å². The molecule has 3 atom stereocenters. The van der Waals surface area contributed by atoms with Crippen molar-refractivity contribution >= 4 is 0 Å². The fourth-order valence-electron chi connectivity index (χ4n) is 6.28. The van der Waals surface area contributed by atoms with E-state index in [1.54, 1.807) is 12.7 Å². The van der Waals surface area contributed by atoms with E-state index in [9.17, 15) is 0 Å². The van der Waals surface area contributed by atoms with Crippen LogP contribution in [0.5, 0.6) is 0 Å². The molecule has 2 aromatic heterocycles. The first-order chi connectivity index (χ1) is 12.0. The number of hydrogen-bond donors (Lipinski definition) is 1. The highest BCUT2D eigenvalue weighted by atomic mass is 15.6. The van der Waals surface area contributed by atoms with E-state index < -0.39 is 0 Å². The highest BCUT2D eigenvalue weighted by Crippen LogP contribution is 2.60. The number of aromatic nitrogens is 7. The Hall–Kier alpha value is -1.83. The maximum absolute atomic E-state index is 4.62. The molecule has 2 heterocycles. The second-order valence-corrected chi connectivity index (χ2v) is 8.75. The van der Waals surface area contributed by atoms with Crippen LogP contribution in [0.4, 0.5) is 0 Å². The van der Waals surface area contributed by atoms with Crippen LogP contribution in [-0.4, -0.2) is 46.6 Å². The van der Waals surface area contributed by atoms with Crippen molar-refractivity contribution < 1.29 is 0 Å². The SMILES string of the molecule is Cc1nnn(C23C[C@H]4C[C@@H](CC(N[C@@H](C)Cn5cncn5)(C4)C2)C3)n1. The highest BCUT2D eigenvalue weighted by Gasteiger charge is 2.59. The van der Waals surface area contributed by atoms with Crippen LogP contribution >= 0.6 is 0 Å². The number of tetrazole rings is 1. The van der Waals surface area contributed by atoms with Gasteiger partial charge in [0.15, 0.2) is 5.82 Å². The van der Waals surface area contributed by atoms with Crippen LogP contribution in [0.25, 0.3) is 0 Å². The summed E-state index contributed by atoms with van der Waals surface area (Å²) >= 11 is 0. The summed E-state index contributed by atoms with van der Waals surface area (Å²) in [6, 6.07) is 0.362. The van der Waals surface area contributed by atoms with E-state index in [-0.39, 0.29) is 11.1 Å². The molecule has 4 aliphatic carbocycles. The molecular weight excluding hydrogens is 316 g/mol. The molecule has 8 nitrogen and oxygen atoms in total. The first kappa shape index (κ1) is 15.4. The minimum atomic E-state index is 0.0608. The zero-order chi connectivity index (χ0) is 17.1. The topological polar surface area (TPSA) is 86.3 Å². The zero-order valence-corrected chi connectivity index (χ0v) is 15.0. The molecule has 0 aliphatic heterocycles. The molecule has 0 unspecified atom stereocenters. The lowest BCUT2D eigenvalue weighted by Gasteiger charge is -2.62. The van der Waals surface area contributed by atoms with E-state index in [4.69, 9.17) is 0 Å². The largest absolute Gasteiger partial charge is 0.307 e. The number of nitrogens with zero attached hydrogens (tertiary/aromatic N) is 7. The van der Waals surface area contributed by atoms with Crippen LogP contribution in [0, 0.1) is 18.8 Å². The van der Waals surface area contributed by atoms with Gasteiger partial charge in [-0.15, -0.1) is 10.2 Å². The third kappa shape index (κ3) is 2.58. The molecule has 4 fully saturated rings. The van der Waals surface area contributed by atoms with Crippen LogP contribution in [0.2, 0.25) is 0 Å². The van der Waals surface area contributed by atoms with Crippen LogP contribution in [0.3, 0.4) is 0 Å². The van der Waals surface area contributed by atoms with Gasteiger partial charge in [0.05, 0.1) is 12.1 Å². The van der Waals surface area contributed by atoms with Gasteiger partial charge in [0.1, 0.15) is 12.7 Å². The van der Waals surface area contributed by atoms with Gasteiger partial charge < -0.3 is 5.32 Å². The van der Waals surface area contributed by atoms with Crippen molar-refractivity contribution in [3.63, 3.8) is 0 Å². The predicted molar refractivity (Wildman–Crippen MR) is 90.6 cm³/mol. The summed E-state index contributed by atoms with van der Waals surface area (Å²) in [5.41, 5.74) is 0.261. The summed E-state index contributed by atoms with van der Waals surface area (Å²) < 4.78 is 1.91. The molecule has 2 aromatic rings. The highest BCUT2D eigenvalue weighted by molar-refractivity contribution is 5.13. The number of aryl methyl sites for hydroxylation is 1. The Kier molecular flexibility index (Phi) is 3.29. The monoisotopic (exact) mass is 342 g/mol. The molecule has 0 amide bonds. The molecule has 4 saturated carbocycles. The fraction of sp³-hybridized carbons (Fsp3) is 0.824. The van der Waals surface area contributed by atoms with Gasteiger partial charge in [-0.05, 0) is 69.4 Å². The fourth-order valence-corrected chi connectivity index (χ4v) is 6.28. The average Bonchev–Trinajstić information content (AvgIpc) is 3.17. The van der Waals surface area contributed by atoms with Crippen LogP contribution < -0.4 is 5.32 Å². The smallest absolute Gasteiger partial charge is 0.171 e. The Morgan fingerprint density at radius 3 is 2.72 bits per heavy atom. The predicted octanol–water partition coefficient (Wildman–Crippen LogP) is 1.30. The second kappa shape index (κ2) is 5.33. The minimum absolute atomic E-state index is 0.0608. The van der Waals surface area contributed by atoms with E-state index in [0.29, 0.717) is 6.04 Å². The summed E-state index contributed by atoms with van der Waals surface area (Å²) in [7, 11) is 0. The Morgan fingerprint density at radius 2 is 2.08 bits per heavy atom. The third-order valence-corrected chi connectivity index (χ3v) is 6.45. The average molecular weight is 342 g/mol. The molecule has 0 radical (unpaired) electrons. The van der Waals surface area contributed by atoms with Gasteiger partial charge >= 0.3 is 0 Å². The Bertz CT molecular complexity index is 737. The maximum atomic E-state index is 4.62. The second-order valence-electron chi connectivity index (χ2n) is 8.75. The van der Waals surface area contributed by atoms with Crippen LogP contribution in [-0.2, 0) is 12.1 Å². The number of hydrogen-bond acceptors (Lipinski definition) is 6. The van der Waals surface area contributed by atoms with Gasteiger partial charge in [-0.3, -0.25) is 4.68 Å². The lowest BCUT2D eigenvalue weighted by Crippen LogP contribution is -2.66. The molecule has 0 aromatic carbocycles. The summed E-state index contributed by atoms with van der Waals surface area (Å²) in [6.07, 6.45) is 10.9. The van der Waals surface area contributed by atoms with E-state index in [2.05, 4.69) is 37.7 Å². The summed E-state index contributed by atoms with van der Waals surface area (Å²) in [5.74, 6) is 2.33. The van der Waals surface area contributed by atoms with E-state index >= 15 is 0 Å². The minimum Gasteiger partial charge on any atom is -0.307 e.